The van der Waals surface area contributed by atoms with E-state index < -0.39 is 15.7 Å². The van der Waals surface area contributed by atoms with Crippen molar-refractivity contribution in [1.29, 1.82) is 10.5 Å². The second-order valence-electron chi connectivity index (χ2n) is 7.08. The van der Waals surface area contributed by atoms with E-state index in [1.165, 1.54) is 11.3 Å². The summed E-state index contributed by atoms with van der Waals surface area (Å²) in [4.78, 5) is 0.855. The van der Waals surface area contributed by atoms with Gasteiger partial charge in [-0.05, 0) is 51.1 Å². The fourth-order valence-corrected chi connectivity index (χ4v) is 4.99. The van der Waals surface area contributed by atoms with Gasteiger partial charge in [0.15, 0.2) is 0 Å². The molecule has 1 heterocycles. The smallest absolute Gasteiger partial charge is 0.145 e. The van der Waals surface area contributed by atoms with Crippen molar-refractivity contribution >= 4 is 54.1 Å². The molecule has 4 nitrogen and oxygen atoms in total. The average Bonchev–Trinajstić information content (AvgIpc) is 3.09. The highest BCUT2D eigenvalue weighted by Gasteiger charge is 2.22. The molecule has 1 unspecified atom stereocenters. The highest BCUT2D eigenvalue weighted by Crippen LogP contribution is 2.34. The predicted octanol–water partition coefficient (Wildman–Crippen LogP) is 5.71. The summed E-state index contributed by atoms with van der Waals surface area (Å²) in [6.07, 6.45) is 0. The molecule has 1 aromatic heterocycles. The van der Waals surface area contributed by atoms with E-state index in [-0.39, 0.29) is 0 Å². The Bertz CT molecular complexity index is 1190. The van der Waals surface area contributed by atoms with Crippen LogP contribution < -0.4 is 0 Å². The number of hydrogen-bond donors (Lipinski definition) is 0. The quantitative estimate of drug-likeness (QED) is 0.461. The molecule has 0 fully saturated rings. The van der Waals surface area contributed by atoms with Crippen molar-refractivity contribution < 1.29 is 4.21 Å². The molecular formula is C21H16BrN3OS2. The van der Waals surface area contributed by atoms with Crippen LogP contribution in [0.5, 0.6) is 0 Å². The van der Waals surface area contributed by atoms with Crippen LogP contribution >= 0.6 is 27.3 Å². The summed E-state index contributed by atoms with van der Waals surface area (Å²) >= 11 is 5.02. The van der Waals surface area contributed by atoms with E-state index in [0.29, 0.717) is 16.8 Å². The van der Waals surface area contributed by atoms with Crippen molar-refractivity contribution in [2.24, 2.45) is 4.40 Å². The molecule has 0 aliphatic heterocycles. The number of nitrogens with zero attached hydrogens (tertiary/aromatic N) is 3. The van der Waals surface area contributed by atoms with E-state index >= 15 is 0 Å². The molecule has 1 atom stereocenters. The van der Waals surface area contributed by atoms with Crippen LogP contribution in [0.1, 0.15) is 42.3 Å². The van der Waals surface area contributed by atoms with Gasteiger partial charge in [-0.2, -0.15) is 14.9 Å². The number of nitriles is 2. The minimum absolute atomic E-state index is 0.497. The van der Waals surface area contributed by atoms with Gasteiger partial charge in [-0.25, -0.2) is 4.21 Å². The number of halogens is 1. The van der Waals surface area contributed by atoms with Gasteiger partial charge in [0.2, 0.25) is 0 Å². The third kappa shape index (κ3) is 4.23. The first-order valence-corrected chi connectivity index (χ1v) is 11.1. The van der Waals surface area contributed by atoms with Gasteiger partial charge in [0.05, 0.1) is 38.6 Å². The molecule has 0 spiro atoms. The molecule has 0 aliphatic rings. The molecule has 3 rings (SSSR count). The Hall–Kier alpha value is -2.32. The van der Waals surface area contributed by atoms with Gasteiger partial charge in [0.25, 0.3) is 0 Å². The van der Waals surface area contributed by atoms with Crippen molar-refractivity contribution in [1.82, 2.24) is 0 Å². The highest BCUT2D eigenvalue weighted by molar-refractivity contribution is 9.10. The minimum Gasteiger partial charge on any atom is -0.234 e. The van der Waals surface area contributed by atoms with E-state index in [4.69, 9.17) is 5.26 Å². The predicted molar refractivity (Wildman–Crippen MR) is 119 cm³/mol. The number of hydrogen-bond acceptors (Lipinski definition) is 4. The van der Waals surface area contributed by atoms with E-state index in [9.17, 15) is 9.47 Å². The van der Waals surface area contributed by atoms with Crippen LogP contribution in [0.2, 0.25) is 0 Å². The van der Waals surface area contributed by atoms with E-state index in [0.717, 1.165) is 25.0 Å². The van der Waals surface area contributed by atoms with Crippen molar-refractivity contribution in [2.75, 3.05) is 0 Å². The Morgan fingerprint density at radius 2 is 1.71 bits per heavy atom. The lowest BCUT2D eigenvalue weighted by Gasteiger charge is -2.15. The second-order valence-corrected chi connectivity index (χ2v) is 10.9. The summed E-state index contributed by atoms with van der Waals surface area (Å²) < 4.78 is 18.6. The number of fused-ring (bicyclic) bond motifs is 1. The summed E-state index contributed by atoms with van der Waals surface area (Å²) in [7, 11) is -1.44. The average molecular weight is 470 g/mol. The van der Waals surface area contributed by atoms with Gasteiger partial charge in [-0.1, -0.05) is 28.1 Å². The summed E-state index contributed by atoms with van der Waals surface area (Å²) in [6, 6.07) is 17.0. The first-order valence-electron chi connectivity index (χ1n) is 8.37. The lowest BCUT2D eigenvalue weighted by molar-refractivity contribution is 0.650. The van der Waals surface area contributed by atoms with Gasteiger partial charge < -0.3 is 0 Å². The van der Waals surface area contributed by atoms with Crippen LogP contribution in [-0.2, 0) is 11.0 Å². The highest BCUT2D eigenvalue weighted by atomic mass is 79.9. The Balaban J connectivity index is 2.21. The first-order chi connectivity index (χ1) is 13.2. The molecule has 7 heteroatoms. The van der Waals surface area contributed by atoms with Crippen LogP contribution in [-0.4, -0.2) is 14.7 Å². The van der Waals surface area contributed by atoms with Crippen molar-refractivity contribution in [2.45, 2.75) is 25.5 Å². The number of benzene rings is 2. The monoisotopic (exact) mass is 469 g/mol. The zero-order valence-electron chi connectivity index (χ0n) is 15.5. The van der Waals surface area contributed by atoms with Gasteiger partial charge in [-0.3, -0.25) is 0 Å². The molecule has 0 bridgehead atoms. The molecule has 2 aromatic carbocycles. The maximum Gasteiger partial charge on any atom is 0.145 e. The number of thiophene rings is 1. The minimum atomic E-state index is -1.44. The van der Waals surface area contributed by atoms with Crippen LogP contribution in [0.25, 0.3) is 10.1 Å². The van der Waals surface area contributed by atoms with Gasteiger partial charge in [0.1, 0.15) is 11.0 Å². The molecule has 0 aliphatic carbocycles. The molecular weight excluding hydrogens is 454 g/mol. The van der Waals surface area contributed by atoms with Crippen molar-refractivity contribution in [3.63, 3.8) is 0 Å². The standard InChI is InChI=1S/C21H16BrN3OS2/c1-21(2,3)28(26)25-20(15-6-4-13(11-23)5-7-15)19-10-16-17(22)8-14(12-24)9-18(16)27-19/h4-10H,1-3H3/b25-20+. The second kappa shape index (κ2) is 7.97. The number of rotatable bonds is 3. The van der Waals surface area contributed by atoms with Crippen LogP contribution in [0.3, 0.4) is 0 Å². The summed E-state index contributed by atoms with van der Waals surface area (Å²) in [5.74, 6) is 0. The van der Waals surface area contributed by atoms with Crippen molar-refractivity contribution in [3.05, 3.63) is 68.5 Å². The van der Waals surface area contributed by atoms with Gasteiger partial charge in [0, 0.05) is 20.1 Å². The SMILES string of the molecule is CC(C)(C)S(=O)/N=C(\c1ccc(C#N)cc1)c1cc2c(Br)cc(C#N)cc2s1. The fraction of sp³-hybridized carbons (Fsp3) is 0.190. The lowest BCUT2D eigenvalue weighted by Crippen LogP contribution is -2.21. The Morgan fingerprint density at radius 3 is 2.29 bits per heavy atom. The zero-order valence-corrected chi connectivity index (χ0v) is 18.7. The van der Waals surface area contributed by atoms with E-state index in [1.54, 1.807) is 18.2 Å². The van der Waals surface area contributed by atoms with Gasteiger partial charge in [-0.15, -0.1) is 11.3 Å². The lowest BCUT2D eigenvalue weighted by atomic mass is 10.1. The maximum atomic E-state index is 12.8. The Kier molecular flexibility index (Phi) is 5.81. The first kappa shape index (κ1) is 20.4. The Labute approximate surface area is 178 Å². The topological polar surface area (TPSA) is 77.0 Å². The fourth-order valence-electron chi connectivity index (χ4n) is 2.44. The van der Waals surface area contributed by atoms with E-state index in [2.05, 4.69) is 32.5 Å². The summed E-state index contributed by atoms with van der Waals surface area (Å²) in [6.45, 7) is 5.64. The Morgan fingerprint density at radius 1 is 1.07 bits per heavy atom. The van der Waals surface area contributed by atoms with Crippen LogP contribution in [0.4, 0.5) is 0 Å². The molecule has 0 saturated heterocycles. The molecule has 0 amide bonds. The third-order valence-electron chi connectivity index (χ3n) is 3.93. The third-order valence-corrected chi connectivity index (χ3v) is 7.08. The zero-order chi connectivity index (χ0) is 20.5. The largest absolute Gasteiger partial charge is 0.234 e. The van der Waals surface area contributed by atoms with E-state index in [1.807, 2.05) is 45.0 Å². The molecule has 140 valence electrons. The summed E-state index contributed by atoms with van der Waals surface area (Å²) in [5, 5.41) is 19.2. The van der Waals surface area contributed by atoms with Crippen LogP contribution in [0, 0.1) is 22.7 Å². The normalized spacial score (nSPS) is 13.1. The van der Waals surface area contributed by atoms with Crippen molar-refractivity contribution in [3.8, 4) is 12.1 Å². The molecule has 0 N–H and O–H groups in total. The summed E-state index contributed by atoms with van der Waals surface area (Å²) in [5.41, 5.74) is 2.53. The molecule has 0 radical (unpaired) electrons. The molecule has 28 heavy (non-hydrogen) atoms. The van der Waals surface area contributed by atoms with Gasteiger partial charge >= 0.3 is 0 Å². The van der Waals surface area contributed by atoms with Crippen LogP contribution in [0.15, 0.2) is 51.3 Å². The molecule has 3 aromatic rings. The maximum absolute atomic E-state index is 12.8. The molecule has 0 saturated carbocycles.